The molecular weight excluding hydrogens is 476 g/mol. The Morgan fingerprint density at radius 2 is 1.94 bits per heavy atom. The van der Waals surface area contributed by atoms with Crippen molar-refractivity contribution in [3.05, 3.63) is 81.7 Å². The Balaban J connectivity index is 1.27. The monoisotopic (exact) mass is 498 g/mol. The molecule has 0 atom stereocenters. The number of nitrogens with one attached hydrogen (secondary N) is 1. The molecule has 1 amide bonds. The first-order chi connectivity index (χ1) is 17.7. The SMILES string of the molecule is O=C(COC(=O)c1c2c(nc3ccccc13)C(=Cc1cccs1)CCC2)Nc1ccc2c(c1)OCO2. The van der Waals surface area contributed by atoms with Gasteiger partial charge in [0.2, 0.25) is 6.79 Å². The molecule has 1 aliphatic heterocycles. The van der Waals surface area contributed by atoms with Crippen molar-refractivity contribution in [1.82, 2.24) is 4.98 Å². The zero-order valence-electron chi connectivity index (χ0n) is 19.3. The topological polar surface area (TPSA) is 86.8 Å². The molecule has 6 rings (SSSR count). The van der Waals surface area contributed by atoms with Crippen LogP contribution in [0.15, 0.2) is 60.0 Å². The second-order valence-corrected chi connectivity index (χ2v) is 9.54. The summed E-state index contributed by atoms with van der Waals surface area (Å²) in [6.45, 7) is -0.255. The third kappa shape index (κ3) is 4.31. The first kappa shape index (κ1) is 22.3. The van der Waals surface area contributed by atoms with Gasteiger partial charge in [0, 0.05) is 22.0 Å². The summed E-state index contributed by atoms with van der Waals surface area (Å²) in [4.78, 5) is 32.0. The molecule has 2 aromatic heterocycles. The Kier molecular flexibility index (Phi) is 5.87. The summed E-state index contributed by atoms with van der Waals surface area (Å²) in [5.41, 5.74) is 4.58. The lowest BCUT2D eigenvalue weighted by Crippen LogP contribution is -2.22. The average molecular weight is 499 g/mol. The minimum Gasteiger partial charge on any atom is -0.454 e. The normalized spacial score (nSPS) is 15.1. The van der Waals surface area contributed by atoms with E-state index >= 15 is 0 Å². The molecule has 1 aliphatic carbocycles. The van der Waals surface area contributed by atoms with Crippen molar-refractivity contribution in [2.75, 3.05) is 18.7 Å². The molecule has 2 aromatic carbocycles. The molecule has 0 saturated carbocycles. The predicted molar refractivity (Wildman–Crippen MR) is 138 cm³/mol. The van der Waals surface area contributed by atoms with Crippen molar-refractivity contribution >= 4 is 51.5 Å². The predicted octanol–water partition coefficient (Wildman–Crippen LogP) is 5.70. The number of anilines is 1. The summed E-state index contributed by atoms with van der Waals surface area (Å²) in [7, 11) is 0. The van der Waals surface area contributed by atoms with Crippen molar-refractivity contribution in [3.8, 4) is 11.5 Å². The number of hydrogen-bond donors (Lipinski definition) is 1. The van der Waals surface area contributed by atoms with Crippen LogP contribution in [0.1, 0.15) is 39.3 Å². The van der Waals surface area contributed by atoms with E-state index in [0.29, 0.717) is 22.7 Å². The van der Waals surface area contributed by atoms with E-state index in [4.69, 9.17) is 19.2 Å². The first-order valence-corrected chi connectivity index (χ1v) is 12.6. The number of esters is 1. The van der Waals surface area contributed by atoms with E-state index in [1.165, 1.54) is 0 Å². The largest absolute Gasteiger partial charge is 0.454 e. The number of rotatable bonds is 5. The molecular formula is C28H22N2O5S. The van der Waals surface area contributed by atoms with Gasteiger partial charge in [-0.15, -0.1) is 11.3 Å². The number of allylic oxidation sites excluding steroid dienone is 1. The molecule has 2 aliphatic rings. The Bertz CT molecular complexity index is 1510. The lowest BCUT2D eigenvalue weighted by atomic mass is 9.86. The maximum atomic E-state index is 13.4. The fourth-order valence-electron chi connectivity index (χ4n) is 4.63. The van der Waals surface area contributed by atoms with E-state index in [0.717, 1.165) is 51.9 Å². The van der Waals surface area contributed by atoms with Crippen LogP contribution in [-0.2, 0) is 16.0 Å². The van der Waals surface area contributed by atoms with Crippen molar-refractivity contribution in [1.29, 1.82) is 0 Å². The van der Waals surface area contributed by atoms with Gasteiger partial charge in [0.25, 0.3) is 5.91 Å². The minimum absolute atomic E-state index is 0.152. The molecule has 4 aromatic rings. The van der Waals surface area contributed by atoms with Crippen LogP contribution in [0.2, 0.25) is 0 Å². The van der Waals surface area contributed by atoms with Crippen LogP contribution in [-0.4, -0.2) is 30.3 Å². The lowest BCUT2D eigenvalue weighted by Gasteiger charge is -2.22. The molecule has 180 valence electrons. The summed E-state index contributed by atoms with van der Waals surface area (Å²) < 4.78 is 16.2. The number of amides is 1. The van der Waals surface area contributed by atoms with E-state index in [9.17, 15) is 9.59 Å². The molecule has 0 fully saturated rings. The number of nitrogens with zero attached hydrogens (tertiary/aromatic N) is 1. The third-order valence-corrected chi connectivity index (χ3v) is 7.04. The smallest absolute Gasteiger partial charge is 0.339 e. The van der Waals surface area contributed by atoms with Crippen LogP contribution in [0, 0.1) is 0 Å². The maximum absolute atomic E-state index is 13.4. The highest BCUT2D eigenvalue weighted by molar-refractivity contribution is 7.10. The highest BCUT2D eigenvalue weighted by atomic mass is 32.1. The van der Waals surface area contributed by atoms with Crippen LogP contribution in [0.25, 0.3) is 22.6 Å². The van der Waals surface area contributed by atoms with Crippen LogP contribution in [0.3, 0.4) is 0 Å². The van der Waals surface area contributed by atoms with E-state index in [1.54, 1.807) is 29.5 Å². The second-order valence-electron chi connectivity index (χ2n) is 8.56. The number of para-hydroxylation sites is 1. The van der Waals surface area contributed by atoms with Gasteiger partial charge in [-0.05, 0) is 66.1 Å². The number of fused-ring (bicyclic) bond motifs is 3. The minimum atomic E-state index is -0.525. The van der Waals surface area contributed by atoms with Crippen molar-refractivity contribution in [2.24, 2.45) is 0 Å². The van der Waals surface area contributed by atoms with Crippen LogP contribution in [0.5, 0.6) is 11.5 Å². The number of aromatic nitrogens is 1. The molecule has 1 N–H and O–H groups in total. The Hall–Kier alpha value is -4.17. The van der Waals surface area contributed by atoms with Gasteiger partial charge in [-0.3, -0.25) is 4.79 Å². The molecule has 0 spiro atoms. The Morgan fingerprint density at radius 3 is 2.83 bits per heavy atom. The van der Waals surface area contributed by atoms with E-state index < -0.39 is 18.5 Å². The number of carbonyl (C=O) groups is 2. The van der Waals surface area contributed by atoms with Gasteiger partial charge >= 0.3 is 5.97 Å². The Morgan fingerprint density at radius 1 is 1.06 bits per heavy atom. The fraction of sp³-hybridized carbons (Fsp3) is 0.179. The van der Waals surface area contributed by atoms with E-state index in [2.05, 4.69) is 17.5 Å². The summed E-state index contributed by atoms with van der Waals surface area (Å²) in [6.07, 6.45) is 4.68. The Labute approximate surface area is 211 Å². The van der Waals surface area contributed by atoms with Gasteiger partial charge in [0.15, 0.2) is 18.1 Å². The lowest BCUT2D eigenvalue weighted by molar-refractivity contribution is -0.119. The molecule has 7 nitrogen and oxygen atoms in total. The zero-order valence-corrected chi connectivity index (χ0v) is 20.1. The van der Waals surface area contributed by atoms with E-state index in [1.807, 2.05) is 35.7 Å². The van der Waals surface area contributed by atoms with Crippen molar-refractivity contribution < 1.29 is 23.8 Å². The first-order valence-electron chi connectivity index (χ1n) is 11.7. The van der Waals surface area contributed by atoms with E-state index in [-0.39, 0.29) is 6.79 Å². The van der Waals surface area contributed by atoms with Gasteiger partial charge in [0.1, 0.15) is 0 Å². The second kappa shape index (κ2) is 9.47. The number of carbonyl (C=O) groups excluding carboxylic acids is 2. The summed E-state index contributed by atoms with van der Waals surface area (Å²) in [6, 6.07) is 16.8. The molecule has 0 saturated heterocycles. The number of ether oxygens (including phenoxy) is 3. The highest BCUT2D eigenvalue weighted by Crippen LogP contribution is 2.37. The number of pyridine rings is 1. The third-order valence-electron chi connectivity index (χ3n) is 6.22. The molecule has 36 heavy (non-hydrogen) atoms. The van der Waals surface area contributed by atoms with Gasteiger partial charge in [-0.2, -0.15) is 0 Å². The van der Waals surface area contributed by atoms with Gasteiger partial charge in [-0.25, -0.2) is 9.78 Å². The highest BCUT2D eigenvalue weighted by Gasteiger charge is 2.26. The summed E-state index contributed by atoms with van der Waals surface area (Å²) in [5, 5.41) is 5.51. The molecule has 0 bridgehead atoms. The van der Waals surface area contributed by atoms with Gasteiger partial charge in [0.05, 0.1) is 16.8 Å². The van der Waals surface area contributed by atoms with Crippen molar-refractivity contribution in [3.63, 3.8) is 0 Å². The van der Waals surface area contributed by atoms with Crippen LogP contribution in [0.4, 0.5) is 5.69 Å². The molecule has 8 heteroatoms. The quantitative estimate of drug-likeness (QED) is 0.356. The molecule has 3 heterocycles. The summed E-state index contributed by atoms with van der Waals surface area (Å²) >= 11 is 1.67. The zero-order chi connectivity index (χ0) is 24.5. The van der Waals surface area contributed by atoms with Gasteiger partial charge in [-0.1, -0.05) is 24.3 Å². The number of thiophene rings is 1. The number of benzene rings is 2. The number of hydrogen-bond acceptors (Lipinski definition) is 7. The summed E-state index contributed by atoms with van der Waals surface area (Å²) in [5.74, 6) is 0.225. The van der Waals surface area contributed by atoms with Crippen LogP contribution >= 0.6 is 11.3 Å². The van der Waals surface area contributed by atoms with Gasteiger partial charge < -0.3 is 19.5 Å². The van der Waals surface area contributed by atoms with Crippen LogP contribution < -0.4 is 14.8 Å². The molecule has 0 radical (unpaired) electrons. The average Bonchev–Trinajstić information content (AvgIpc) is 3.58. The standard InChI is InChI=1S/C28H22N2O5S/c31-25(29-18-10-11-23-24(14-18)35-16-34-23)15-33-28(32)26-20-7-1-2-9-22(20)30-27-17(5-3-8-21(26)27)13-19-6-4-12-36-19/h1-2,4,6-7,9-14H,3,5,8,15-16H2,(H,29,31). The molecule has 0 unspecified atom stereocenters. The maximum Gasteiger partial charge on any atom is 0.339 e. The fourth-order valence-corrected chi connectivity index (χ4v) is 5.31. The van der Waals surface area contributed by atoms with Crippen molar-refractivity contribution in [2.45, 2.75) is 19.3 Å².